The molecule has 0 atom stereocenters. The summed E-state index contributed by atoms with van der Waals surface area (Å²) in [6.45, 7) is 4.19. The van der Waals surface area contributed by atoms with E-state index in [2.05, 4.69) is 24.1 Å². The molecule has 5 heteroatoms. The summed E-state index contributed by atoms with van der Waals surface area (Å²) >= 11 is 1.64. The van der Waals surface area contributed by atoms with Crippen LogP contribution < -0.4 is 15.8 Å². The van der Waals surface area contributed by atoms with Crippen molar-refractivity contribution < 1.29 is 4.74 Å². The van der Waals surface area contributed by atoms with E-state index in [4.69, 9.17) is 10.5 Å². The van der Waals surface area contributed by atoms with Gasteiger partial charge in [-0.15, -0.1) is 11.3 Å². The summed E-state index contributed by atoms with van der Waals surface area (Å²) in [7, 11) is 3.57. The molecule has 0 saturated carbocycles. The van der Waals surface area contributed by atoms with Crippen LogP contribution in [0.5, 0.6) is 5.75 Å². The summed E-state index contributed by atoms with van der Waals surface area (Å²) in [6, 6.07) is 3.77. The fourth-order valence-corrected chi connectivity index (χ4v) is 2.66. The summed E-state index contributed by atoms with van der Waals surface area (Å²) in [5, 5.41) is 4.27. The van der Waals surface area contributed by atoms with Gasteiger partial charge in [0.15, 0.2) is 0 Å². The first-order chi connectivity index (χ1) is 7.97. The second-order valence-electron chi connectivity index (χ2n) is 4.46. The molecule has 0 aliphatic heterocycles. The smallest absolute Gasteiger partial charge is 0.122 e. The number of methoxy groups -OCH3 is 1. The number of nitrogens with two attached hydrogens (primary N) is 1. The van der Waals surface area contributed by atoms with Gasteiger partial charge in [-0.1, -0.05) is 0 Å². The minimum atomic E-state index is -0.149. The zero-order valence-corrected chi connectivity index (χ0v) is 11.3. The fraction of sp³-hybridized carbons (Fsp3) is 0.417. The maximum atomic E-state index is 5.97. The maximum absolute atomic E-state index is 5.97. The summed E-state index contributed by atoms with van der Waals surface area (Å²) in [5.74, 6) is 0.771. The fourth-order valence-electron chi connectivity index (χ4n) is 1.52. The summed E-state index contributed by atoms with van der Waals surface area (Å²) in [5.41, 5.74) is 7.34. The number of rotatable bonds is 3. The van der Waals surface area contributed by atoms with E-state index in [0.717, 1.165) is 21.0 Å². The summed E-state index contributed by atoms with van der Waals surface area (Å²) in [4.78, 5) is 4.61. The standard InChI is InChI=1S/C12H17N3OS/c1-12(2,14-3)11-15-10-8(13)5-7(16-4)6-9(10)17-11/h5-6,14H,13H2,1-4H3. The Labute approximate surface area is 105 Å². The molecule has 0 unspecified atom stereocenters. The lowest BCUT2D eigenvalue weighted by Crippen LogP contribution is -2.32. The van der Waals surface area contributed by atoms with Crippen molar-refractivity contribution in [2.24, 2.45) is 0 Å². The Balaban J connectivity index is 2.61. The van der Waals surface area contributed by atoms with Crippen LogP contribution in [-0.4, -0.2) is 19.1 Å². The molecule has 0 amide bonds. The number of ether oxygens (including phenoxy) is 1. The van der Waals surface area contributed by atoms with Gasteiger partial charge in [-0.2, -0.15) is 0 Å². The zero-order valence-electron chi connectivity index (χ0n) is 10.5. The van der Waals surface area contributed by atoms with Crippen LogP contribution in [0.4, 0.5) is 5.69 Å². The number of nitrogens with one attached hydrogen (secondary N) is 1. The van der Waals surface area contributed by atoms with E-state index in [9.17, 15) is 0 Å². The first kappa shape index (κ1) is 12.1. The third-order valence-electron chi connectivity index (χ3n) is 2.89. The van der Waals surface area contributed by atoms with Crippen molar-refractivity contribution in [1.29, 1.82) is 0 Å². The third-order valence-corrected chi connectivity index (χ3v) is 4.22. The molecule has 2 aromatic rings. The molecule has 3 N–H and O–H groups in total. The Morgan fingerprint density at radius 3 is 2.71 bits per heavy atom. The summed E-state index contributed by atoms with van der Waals surface area (Å²) < 4.78 is 6.26. The van der Waals surface area contributed by atoms with E-state index in [1.54, 1.807) is 24.5 Å². The van der Waals surface area contributed by atoms with E-state index >= 15 is 0 Å². The van der Waals surface area contributed by atoms with E-state index in [0.29, 0.717) is 5.69 Å². The quantitative estimate of drug-likeness (QED) is 0.822. The predicted molar refractivity (Wildman–Crippen MR) is 72.7 cm³/mol. The number of thiazole rings is 1. The zero-order chi connectivity index (χ0) is 12.6. The molecule has 0 fully saturated rings. The van der Waals surface area contributed by atoms with Crippen LogP contribution >= 0.6 is 11.3 Å². The van der Waals surface area contributed by atoms with Gasteiger partial charge >= 0.3 is 0 Å². The van der Waals surface area contributed by atoms with Crippen LogP contribution in [0.1, 0.15) is 18.9 Å². The molecule has 0 spiro atoms. The Bertz CT molecular complexity index is 548. The maximum Gasteiger partial charge on any atom is 0.122 e. The van der Waals surface area contributed by atoms with Gasteiger partial charge in [-0.3, -0.25) is 0 Å². The van der Waals surface area contributed by atoms with Crippen LogP contribution in [0.25, 0.3) is 10.2 Å². The average molecular weight is 251 g/mol. The van der Waals surface area contributed by atoms with Crippen molar-refractivity contribution in [2.45, 2.75) is 19.4 Å². The molecule has 1 aromatic carbocycles. The van der Waals surface area contributed by atoms with E-state index < -0.39 is 0 Å². The molecule has 17 heavy (non-hydrogen) atoms. The van der Waals surface area contributed by atoms with Crippen molar-refractivity contribution in [2.75, 3.05) is 19.9 Å². The van der Waals surface area contributed by atoms with Gasteiger partial charge in [0.1, 0.15) is 16.3 Å². The average Bonchev–Trinajstić information content (AvgIpc) is 2.74. The van der Waals surface area contributed by atoms with E-state index in [1.165, 1.54) is 0 Å². The molecule has 4 nitrogen and oxygen atoms in total. The van der Waals surface area contributed by atoms with Gasteiger partial charge in [-0.05, 0) is 27.0 Å². The van der Waals surface area contributed by atoms with Crippen molar-refractivity contribution in [3.8, 4) is 5.75 Å². The lowest BCUT2D eigenvalue weighted by Gasteiger charge is -2.20. The number of hydrogen-bond acceptors (Lipinski definition) is 5. The molecular formula is C12H17N3OS. The van der Waals surface area contributed by atoms with Gasteiger partial charge in [0.05, 0.1) is 23.0 Å². The molecular weight excluding hydrogens is 234 g/mol. The first-order valence-corrected chi connectivity index (χ1v) is 6.23. The monoisotopic (exact) mass is 251 g/mol. The second kappa shape index (κ2) is 4.16. The van der Waals surface area contributed by atoms with Gasteiger partial charge in [-0.25, -0.2) is 4.98 Å². The molecule has 0 aliphatic rings. The van der Waals surface area contributed by atoms with Crippen LogP contribution in [0, 0.1) is 0 Å². The first-order valence-electron chi connectivity index (χ1n) is 5.41. The van der Waals surface area contributed by atoms with Crippen molar-refractivity contribution in [3.05, 3.63) is 17.1 Å². The molecule has 0 aliphatic carbocycles. The number of anilines is 1. The van der Waals surface area contributed by atoms with Crippen LogP contribution in [0.15, 0.2) is 12.1 Å². The topological polar surface area (TPSA) is 60.2 Å². The van der Waals surface area contributed by atoms with Crippen molar-refractivity contribution in [3.63, 3.8) is 0 Å². The van der Waals surface area contributed by atoms with E-state index in [-0.39, 0.29) is 5.54 Å². The highest BCUT2D eigenvalue weighted by Gasteiger charge is 2.23. The Morgan fingerprint density at radius 2 is 2.12 bits per heavy atom. The Hall–Kier alpha value is -1.33. The second-order valence-corrected chi connectivity index (χ2v) is 5.49. The number of aromatic nitrogens is 1. The van der Waals surface area contributed by atoms with Gasteiger partial charge < -0.3 is 15.8 Å². The van der Waals surface area contributed by atoms with Crippen LogP contribution in [-0.2, 0) is 5.54 Å². The molecule has 2 rings (SSSR count). The van der Waals surface area contributed by atoms with Gasteiger partial charge in [0.25, 0.3) is 0 Å². The largest absolute Gasteiger partial charge is 0.497 e. The number of fused-ring (bicyclic) bond motifs is 1. The minimum absolute atomic E-state index is 0.149. The highest BCUT2D eigenvalue weighted by atomic mass is 32.1. The summed E-state index contributed by atoms with van der Waals surface area (Å²) in [6.07, 6.45) is 0. The predicted octanol–water partition coefficient (Wildman–Crippen LogP) is 2.34. The van der Waals surface area contributed by atoms with Crippen LogP contribution in [0.2, 0.25) is 0 Å². The minimum Gasteiger partial charge on any atom is -0.497 e. The number of benzene rings is 1. The molecule has 1 heterocycles. The van der Waals surface area contributed by atoms with Gasteiger partial charge in [0.2, 0.25) is 0 Å². The van der Waals surface area contributed by atoms with E-state index in [1.807, 2.05) is 13.1 Å². The molecule has 1 aromatic heterocycles. The molecule has 0 bridgehead atoms. The highest BCUT2D eigenvalue weighted by molar-refractivity contribution is 7.18. The van der Waals surface area contributed by atoms with Crippen molar-refractivity contribution in [1.82, 2.24) is 10.3 Å². The normalized spacial score (nSPS) is 12.0. The number of nitrogen functional groups attached to an aromatic ring is 1. The lowest BCUT2D eigenvalue weighted by atomic mass is 10.1. The lowest BCUT2D eigenvalue weighted by molar-refractivity contribution is 0.415. The number of nitrogens with zero attached hydrogens (tertiary/aromatic N) is 1. The molecule has 92 valence electrons. The Kier molecular flexibility index (Phi) is 2.97. The Morgan fingerprint density at radius 1 is 1.41 bits per heavy atom. The van der Waals surface area contributed by atoms with Crippen molar-refractivity contribution >= 4 is 27.2 Å². The van der Waals surface area contributed by atoms with Gasteiger partial charge in [0, 0.05) is 6.07 Å². The number of hydrogen-bond donors (Lipinski definition) is 2. The highest BCUT2D eigenvalue weighted by Crippen LogP contribution is 2.35. The molecule has 0 saturated heterocycles. The SMILES string of the molecule is CNC(C)(C)c1nc2c(N)cc(OC)cc2s1. The molecule has 0 radical (unpaired) electrons. The van der Waals surface area contributed by atoms with Crippen LogP contribution in [0.3, 0.4) is 0 Å². The third kappa shape index (κ3) is 2.08.